The highest BCUT2D eigenvalue weighted by Crippen LogP contribution is 2.31. The average molecular weight is 236 g/mol. The van der Waals surface area contributed by atoms with E-state index in [0.29, 0.717) is 12.2 Å². The van der Waals surface area contributed by atoms with Crippen LogP contribution in [0.2, 0.25) is 0 Å². The van der Waals surface area contributed by atoms with Gasteiger partial charge in [-0.05, 0) is 42.4 Å². The van der Waals surface area contributed by atoms with Gasteiger partial charge in [0.2, 0.25) is 0 Å². The maximum Gasteiger partial charge on any atom is 0.303 e. The lowest BCUT2D eigenvalue weighted by Gasteiger charge is -2.25. The predicted octanol–water partition coefficient (Wildman–Crippen LogP) is 3.23. The average Bonchev–Trinajstić information content (AvgIpc) is 2.21. The van der Waals surface area contributed by atoms with E-state index in [9.17, 15) is 9.90 Å². The van der Waals surface area contributed by atoms with Gasteiger partial charge in [-0.1, -0.05) is 26.0 Å². The molecule has 0 unspecified atom stereocenters. The monoisotopic (exact) mass is 236 g/mol. The van der Waals surface area contributed by atoms with Crippen LogP contribution in [0.3, 0.4) is 0 Å². The number of carboxylic acids is 1. The van der Waals surface area contributed by atoms with Crippen LogP contribution in [0, 0.1) is 6.92 Å². The van der Waals surface area contributed by atoms with Crippen molar-refractivity contribution in [3.63, 3.8) is 0 Å². The van der Waals surface area contributed by atoms with E-state index in [1.54, 1.807) is 6.07 Å². The minimum atomic E-state index is -0.748. The fourth-order valence-electron chi connectivity index (χ4n) is 1.90. The van der Waals surface area contributed by atoms with Crippen LogP contribution in [0.25, 0.3) is 0 Å². The van der Waals surface area contributed by atoms with Crippen molar-refractivity contribution in [3.05, 3.63) is 29.3 Å². The molecule has 0 bridgehead atoms. The van der Waals surface area contributed by atoms with Gasteiger partial charge >= 0.3 is 5.97 Å². The number of carboxylic acid groups (broad SMARTS) is 1. The third kappa shape index (κ3) is 3.77. The Morgan fingerprint density at radius 2 is 2.00 bits per heavy atom. The summed E-state index contributed by atoms with van der Waals surface area (Å²) in [5, 5.41) is 18.1. The number of aliphatic carboxylic acids is 1. The van der Waals surface area contributed by atoms with Crippen LogP contribution in [0.15, 0.2) is 18.2 Å². The Morgan fingerprint density at radius 3 is 2.53 bits per heavy atom. The van der Waals surface area contributed by atoms with Crippen LogP contribution < -0.4 is 0 Å². The van der Waals surface area contributed by atoms with Crippen molar-refractivity contribution >= 4 is 5.97 Å². The van der Waals surface area contributed by atoms with Gasteiger partial charge in [0.1, 0.15) is 5.75 Å². The second kappa shape index (κ2) is 5.21. The first-order valence-corrected chi connectivity index (χ1v) is 5.85. The molecule has 17 heavy (non-hydrogen) atoms. The first-order valence-electron chi connectivity index (χ1n) is 5.85. The van der Waals surface area contributed by atoms with E-state index in [1.807, 2.05) is 19.1 Å². The highest BCUT2D eigenvalue weighted by molar-refractivity contribution is 5.66. The molecule has 0 amide bonds. The number of phenolic OH excluding ortho intramolecular Hbond substituents is 1. The molecule has 0 aromatic heterocycles. The van der Waals surface area contributed by atoms with Crippen molar-refractivity contribution in [2.75, 3.05) is 0 Å². The summed E-state index contributed by atoms with van der Waals surface area (Å²) in [4.78, 5) is 10.5. The molecule has 0 saturated heterocycles. The minimum Gasteiger partial charge on any atom is -0.508 e. The molecule has 3 nitrogen and oxygen atoms in total. The van der Waals surface area contributed by atoms with Gasteiger partial charge in [0, 0.05) is 6.42 Å². The molecule has 0 aliphatic heterocycles. The third-order valence-electron chi connectivity index (χ3n) is 3.17. The normalized spacial score (nSPS) is 11.5. The molecular weight excluding hydrogens is 216 g/mol. The molecule has 3 heteroatoms. The second-order valence-corrected chi connectivity index (χ2v) is 5.13. The number of benzene rings is 1. The number of phenols is 1. The predicted molar refractivity (Wildman–Crippen MR) is 67.4 cm³/mol. The molecule has 0 radical (unpaired) electrons. The summed E-state index contributed by atoms with van der Waals surface area (Å²) in [7, 11) is 0. The molecule has 2 N–H and O–H groups in total. The van der Waals surface area contributed by atoms with Gasteiger partial charge < -0.3 is 10.2 Å². The number of aromatic hydroxyl groups is 1. The van der Waals surface area contributed by atoms with Gasteiger partial charge in [0.15, 0.2) is 0 Å². The number of aryl methyl sites for hydroxylation is 1. The van der Waals surface area contributed by atoms with Crippen molar-refractivity contribution in [3.8, 4) is 5.75 Å². The van der Waals surface area contributed by atoms with Gasteiger partial charge in [-0.3, -0.25) is 4.79 Å². The maximum absolute atomic E-state index is 10.5. The highest BCUT2D eigenvalue weighted by Gasteiger charge is 2.21. The van der Waals surface area contributed by atoms with E-state index in [4.69, 9.17) is 5.11 Å². The minimum absolute atomic E-state index is 0.0616. The van der Waals surface area contributed by atoms with Crippen molar-refractivity contribution in [1.82, 2.24) is 0 Å². The molecule has 0 atom stereocenters. The lowest BCUT2D eigenvalue weighted by Crippen LogP contribution is -2.17. The Morgan fingerprint density at radius 1 is 1.35 bits per heavy atom. The SMILES string of the molecule is Cc1cc(C(C)(C)CCCC(=O)O)ccc1O. The largest absolute Gasteiger partial charge is 0.508 e. The van der Waals surface area contributed by atoms with E-state index < -0.39 is 5.97 Å². The summed E-state index contributed by atoms with van der Waals surface area (Å²) in [6.07, 6.45) is 1.70. The Hall–Kier alpha value is -1.51. The quantitative estimate of drug-likeness (QED) is 0.825. The maximum atomic E-state index is 10.5. The van der Waals surface area contributed by atoms with E-state index >= 15 is 0 Å². The Balaban J connectivity index is 2.74. The smallest absolute Gasteiger partial charge is 0.303 e. The van der Waals surface area contributed by atoms with Crippen molar-refractivity contribution < 1.29 is 15.0 Å². The second-order valence-electron chi connectivity index (χ2n) is 5.13. The Labute approximate surface area is 102 Å². The van der Waals surface area contributed by atoms with Crippen LogP contribution in [-0.4, -0.2) is 16.2 Å². The zero-order chi connectivity index (χ0) is 13.1. The van der Waals surface area contributed by atoms with Gasteiger partial charge in [-0.15, -0.1) is 0 Å². The van der Waals surface area contributed by atoms with Crippen LogP contribution in [0.4, 0.5) is 0 Å². The number of hydrogen-bond donors (Lipinski definition) is 2. The van der Waals surface area contributed by atoms with Crippen LogP contribution in [-0.2, 0) is 10.2 Å². The van der Waals surface area contributed by atoms with Gasteiger partial charge in [-0.2, -0.15) is 0 Å². The topological polar surface area (TPSA) is 57.5 Å². The van der Waals surface area contributed by atoms with Gasteiger partial charge in [0.05, 0.1) is 0 Å². The molecular formula is C14H20O3. The first kappa shape index (κ1) is 13.6. The lowest BCUT2D eigenvalue weighted by atomic mass is 9.79. The molecule has 0 fully saturated rings. The van der Waals surface area contributed by atoms with Crippen LogP contribution in [0.1, 0.15) is 44.2 Å². The molecule has 1 aromatic rings. The first-order chi connectivity index (χ1) is 7.83. The Bertz CT molecular complexity index is 408. The summed E-state index contributed by atoms with van der Waals surface area (Å²) < 4.78 is 0. The van der Waals surface area contributed by atoms with Gasteiger partial charge in [0.25, 0.3) is 0 Å². The van der Waals surface area contributed by atoms with E-state index in [0.717, 1.165) is 17.5 Å². The van der Waals surface area contributed by atoms with Gasteiger partial charge in [-0.25, -0.2) is 0 Å². The summed E-state index contributed by atoms with van der Waals surface area (Å²) in [6.45, 7) is 6.06. The number of rotatable bonds is 5. The molecule has 0 aliphatic carbocycles. The zero-order valence-electron chi connectivity index (χ0n) is 10.7. The van der Waals surface area contributed by atoms with Crippen LogP contribution >= 0.6 is 0 Å². The molecule has 1 rings (SSSR count). The fourth-order valence-corrected chi connectivity index (χ4v) is 1.90. The molecule has 94 valence electrons. The fraction of sp³-hybridized carbons (Fsp3) is 0.500. The summed E-state index contributed by atoms with van der Waals surface area (Å²) in [5.74, 6) is -0.447. The molecule has 0 aliphatic rings. The van der Waals surface area contributed by atoms with E-state index in [1.165, 1.54) is 0 Å². The van der Waals surface area contributed by atoms with Crippen molar-refractivity contribution in [1.29, 1.82) is 0 Å². The Kier molecular flexibility index (Phi) is 4.16. The summed E-state index contributed by atoms with van der Waals surface area (Å²) in [6, 6.07) is 5.57. The molecule has 0 saturated carbocycles. The lowest BCUT2D eigenvalue weighted by molar-refractivity contribution is -0.137. The van der Waals surface area contributed by atoms with Crippen molar-refractivity contribution in [2.45, 2.75) is 45.4 Å². The standard InChI is InChI=1S/C14H20O3/c1-10-9-11(6-7-12(10)15)14(2,3)8-4-5-13(16)17/h6-7,9,15H,4-5,8H2,1-3H3,(H,16,17). The van der Waals surface area contributed by atoms with E-state index in [-0.39, 0.29) is 11.8 Å². The molecule has 1 aromatic carbocycles. The zero-order valence-corrected chi connectivity index (χ0v) is 10.7. The summed E-state index contributed by atoms with van der Waals surface area (Å²) >= 11 is 0. The third-order valence-corrected chi connectivity index (χ3v) is 3.17. The van der Waals surface area contributed by atoms with Crippen molar-refractivity contribution in [2.24, 2.45) is 0 Å². The number of hydrogen-bond acceptors (Lipinski definition) is 2. The highest BCUT2D eigenvalue weighted by atomic mass is 16.4. The van der Waals surface area contributed by atoms with E-state index in [2.05, 4.69) is 13.8 Å². The van der Waals surface area contributed by atoms with Crippen LogP contribution in [0.5, 0.6) is 5.75 Å². The molecule has 0 spiro atoms. The number of carbonyl (C=O) groups is 1. The molecule has 0 heterocycles. The summed E-state index contributed by atoms with van der Waals surface area (Å²) in [5.41, 5.74) is 1.93.